The maximum absolute atomic E-state index is 9.85. The maximum atomic E-state index is 9.85. The van der Waals surface area contributed by atoms with Gasteiger partial charge < -0.3 is 0 Å². The van der Waals surface area contributed by atoms with E-state index in [0.717, 1.165) is 61.5 Å². The first kappa shape index (κ1) is 18.7. The second-order valence-corrected chi connectivity index (χ2v) is 7.87. The minimum atomic E-state index is 0.669. The first-order valence-corrected chi connectivity index (χ1v) is 10.3. The van der Waals surface area contributed by atoms with Crippen LogP contribution in [0.2, 0.25) is 0 Å². The molecular weight excluding hydrogens is 344 g/mol. The Morgan fingerprint density at radius 3 is 1.39 bits per heavy atom. The quantitative estimate of drug-likeness (QED) is 0.788. The highest BCUT2D eigenvalue weighted by atomic mass is 15.1. The van der Waals surface area contributed by atoms with Crippen LogP contribution in [0.15, 0.2) is 36.4 Å². The van der Waals surface area contributed by atoms with Crippen LogP contribution in [-0.2, 0) is 13.1 Å². The largest absolute Gasteiger partial charge is 0.299 e. The van der Waals surface area contributed by atoms with Crippen molar-refractivity contribution in [3.8, 4) is 23.3 Å². The molecule has 0 amide bonds. The molecule has 0 aromatic heterocycles. The summed E-state index contributed by atoms with van der Waals surface area (Å²) in [5.41, 5.74) is 5.58. The zero-order valence-electron chi connectivity index (χ0n) is 16.3. The van der Waals surface area contributed by atoms with E-state index in [0.29, 0.717) is 11.1 Å². The molecule has 0 atom stereocenters. The Morgan fingerprint density at radius 1 is 0.643 bits per heavy atom. The molecule has 0 N–H and O–H groups in total. The lowest BCUT2D eigenvalue weighted by Crippen LogP contribution is -2.20. The molecule has 2 aromatic carbocycles. The van der Waals surface area contributed by atoms with E-state index < -0.39 is 0 Å². The van der Waals surface area contributed by atoms with Gasteiger partial charge in [-0.1, -0.05) is 24.3 Å². The summed E-state index contributed by atoms with van der Waals surface area (Å²) < 4.78 is 0. The Balaban J connectivity index is 1.83. The van der Waals surface area contributed by atoms with Crippen molar-refractivity contribution >= 4 is 0 Å². The minimum absolute atomic E-state index is 0.669. The molecule has 0 unspecified atom stereocenters. The highest BCUT2D eigenvalue weighted by molar-refractivity contribution is 5.81. The van der Waals surface area contributed by atoms with Crippen molar-refractivity contribution < 1.29 is 0 Å². The van der Waals surface area contributed by atoms with E-state index in [1.807, 2.05) is 24.3 Å². The molecule has 0 saturated carbocycles. The summed E-state index contributed by atoms with van der Waals surface area (Å²) in [4.78, 5) is 4.91. The molecule has 0 radical (unpaired) electrons. The lowest BCUT2D eigenvalue weighted by Gasteiger charge is -2.22. The second kappa shape index (κ2) is 8.57. The zero-order valence-corrected chi connectivity index (χ0v) is 16.3. The molecule has 2 saturated heterocycles. The molecule has 2 fully saturated rings. The normalized spacial score (nSPS) is 17.5. The van der Waals surface area contributed by atoms with Crippen LogP contribution in [0.3, 0.4) is 0 Å². The van der Waals surface area contributed by atoms with Crippen molar-refractivity contribution in [2.45, 2.75) is 38.8 Å². The van der Waals surface area contributed by atoms with Crippen molar-refractivity contribution in [1.29, 1.82) is 10.5 Å². The van der Waals surface area contributed by atoms with Gasteiger partial charge in [-0.15, -0.1) is 0 Å². The van der Waals surface area contributed by atoms with Crippen molar-refractivity contribution in [3.05, 3.63) is 58.7 Å². The van der Waals surface area contributed by atoms with E-state index in [1.165, 1.54) is 25.7 Å². The van der Waals surface area contributed by atoms with E-state index >= 15 is 0 Å². The first-order chi connectivity index (χ1) is 13.8. The van der Waals surface area contributed by atoms with E-state index in [4.69, 9.17) is 0 Å². The fourth-order valence-electron chi connectivity index (χ4n) is 4.60. The zero-order chi connectivity index (χ0) is 19.3. The summed E-state index contributed by atoms with van der Waals surface area (Å²) in [6, 6.07) is 16.8. The van der Waals surface area contributed by atoms with Gasteiger partial charge in [0.05, 0.1) is 23.3 Å². The molecule has 2 aromatic rings. The molecule has 142 valence electrons. The Labute approximate surface area is 167 Å². The molecule has 4 nitrogen and oxygen atoms in total. The van der Waals surface area contributed by atoms with E-state index in [1.54, 1.807) is 0 Å². The summed E-state index contributed by atoms with van der Waals surface area (Å²) in [5.74, 6) is 0. The fourth-order valence-corrected chi connectivity index (χ4v) is 4.60. The Hall–Kier alpha value is -2.66. The van der Waals surface area contributed by atoms with Crippen LogP contribution in [0.1, 0.15) is 47.9 Å². The topological polar surface area (TPSA) is 54.1 Å². The highest BCUT2D eigenvalue weighted by Gasteiger charge is 2.22. The lowest BCUT2D eigenvalue weighted by molar-refractivity contribution is 0.330. The predicted molar refractivity (Wildman–Crippen MR) is 110 cm³/mol. The van der Waals surface area contributed by atoms with Gasteiger partial charge in [-0.25, -0.2) is 0 Å². The summed E-state index contributed by atoms with van der Waals surface area (Å²) in [5, 5.41) is 19.7. The smallest absolute Gasteiger partial charge is 0.0998 e. The lowest BCUT2D eigenvalue weighted by atomic mass is 9.88. The first-order valence-electron chi connectivity index (χ1n) is 10.3. The fraction of sp³-hybridized carbons (Fsp3) is 0.417. The van der Waals surface area contributed by atoms with Gasteiger partial charge in [0.15, 0.2) is 0 Å². The number of benzene rings is 2. The van der Waals surface area contributed by atoms with Crippen molar-refractivity contribution in [2.75, 3.05) is 26.2 Å². The SMILES string of the molecule is N#Cc1cccc(CN2CCCC2)c1-c1c(C#N)cccc1CN1CCCC1. The average Bonchev–Trinajstić information content (AvgIpc) is 3.42. The van der Waals surface area contributed by atoms with E-state index in [2.05, 4.69) is 34.1 Å². The standard InChI is InChI=1S/C24H26N4/c25-15-19-7-5-9-21(17-27-11-1-2-12-27)23(19)24-20(16-26)8-6-10-22(24)18-28-13-3-4-14-28/h5-10H,1-4,11-14,17-18H2. The third-order valence-electron chi connectivity index (χ3n) is 5.98. The van der Waals surface area contributed by atoms with Crippen molar-refractivity contribution in [1.82, 2.24) is 9.80 Å². The number of hydrogen-bond donors (Lipinski definition) is 0. The molecule has 4 heteroatoms. The summed E-state index contributed by atoms with van der Waals surface area (Å²) in [7, 11) is 0. The summed E-state index contributed by atoms with van der Waals surface area (Å²) in [6.45, 7) is 6.11. The number of hydrogen-bond acceptors (Lipinski definition) is 4. The third-order valence-corrected chi connectivity index (χ3v) is 5.98. The van der Waals surface area contributed by atoms with Crippen LogP contribution in [-0.4, -0.2) is 36.0 Å². The maximum Gasteiger partial charge on any atom is 0.0998 e. The van der Waals surface area contributed by atoms with Crippen LogP contribution in [0.5, 0.6) is 0 Å². The van der Waals surface area contributed by atoms with E-state index in [-0.39, 0.29) is 0 Å². The number of nitriles is 2. The molecule has 28 heavy (non-hydrogen) atoms. The molecular formula is C24H26N4. The minimum Gasteiger partial charge on any atom is -0.299 e. The Kier molecular flexibility index (Phi) is 5.72. The van der Waals surface area contributed by atoms with Crippen LogP contribution in [0.4, 0.5) is 0 Å². The van der Waals surface area contributed by atoms with Gasteiger partial charge in [0.25, 0.3) is 0 Å². The van der Waals surface area contributed by atoms with Gasteiger partial charge in [0.1, 0.15) is 0 Å². The van der Waals surface area contributed by atoms with Crippen molar-refractivity contribution in [3.63, 3.8) is 0 Å². The molecule has 2 heterocycles. The van der Waals surface area contributed by atoms with E-state index in [9.17, 15) is 10.5 Å². The van der Waals surface area contributed by atoms with Crippen LogP contribution in [0.25, 0.3) is 11.1 Å². The van der Waals surface area contributed by atoms with Gasteiger partial charge in [-0.3, -0.25) is 9.80 Å². The summed E-state index contributed by atoms with van der Waals surface area (Å²) >= 11 is 0. The van der Waals surface area contributed by atoms with Gasteiger partial charge in [0, 0.05) is 24.2 Å². The van der Waals surface area contributed by atoms with Gasteiger partial charge in [-0.2, -0.15) is 10.5 Å². The number of likely N-dealkylation sites (tertiary alicyclic amines) is 2. The second-order valence-electron chi connectivity index (χ2n) is 7.87. The van der Waals surface area contributed by atoms with Gasteiger partial charge in [0.2, 0.25) is 0 Å². The van der Waals surface area contributed by atoms with Crippen LogP contribution < -0.4 is 0 Å². The van der Waals surface area contributed by atoms with Crippen molar-refractivity contribution in [2.24, 2.45) is 0 Å². The summed E-state index contributed by atoms with van der Waals surface area (Å²) in [6.07, 6.45) is 4.95. The van der Waals surface area contributed by atoms with Gasteiger partial charge >= 0.3 is 0 Å². The third kappa shape index (κ3) is 3.80. The number of rotatable bonds is 5. The Bertz CT molecular complexity index is 845. The molecule has 0 spiro atoms. The van der Waals surface area contributed by atoms with Crippen LogP contribution >= 0.6 is 0 Å². The highest BCUT2D eigenvalue weighted by Crippen LogP contribution is 2.35. The average molecular weight is 371 g/mol. The molecule has 4 rings (SSSR count). The molecule has 0 bridgehead atoms. The van der Waals surface area contributed by atoms with Gasteiger partial charge in [-0.05, 0) is 75.1 Å². The van der Waals surface area contributed by atoms with Crippen LogP contribution in [0, 0.1) is 22.7 Å². The molecule has 0 aliphatic carbocycles. The monoisotopic (exact) mass is 370 g/mol. The molecule has 2 aliphatic heterocycles. The molecule has 2 aliphatic rings. The predicted octanol–water partition coefficient (Wildman–Crippen LogP) is 4.29. The number of nitrogens with zero attached hydrogens (tertiary/aromatic N) is 4. The Morgan fingerprint density at radius 2 is 1.04 bits per heavy atom.